The Labute approximate surface area is 620 Å². The molecule has 5 fully saturated rings. The molecule has 8 aromatic heterocycles. The second kappa shape index (κ2) is 35.8. The van der Waals surface area contributed by atoms with Crippen LogP contribution >= 0.6 is 23.2 Å². The predicted molar refractivity (Wildman–Crippen MR) is 390 cm³/mol. The van der Waals surface area contributed by atoms with E-state index in [1.54, 1.807) is 18.3 Å². The van der Waals surface area contributed by atoms with E-state index in [2.05, 4.69) is 76.1 Å². The highest BCUT2D eigenvalue weighted by atomic mass is 35.5. The minimum Gasteiger partial charge on any atom is -0.389 e. The molecule has 1 spiro atoms. The van der Waals surface area contributed by atoms with Crippen LogP contribution in [0.1, 0.15) is 157 Å². The van der Waals surface area contributed by atoms with Crippen molar-refractivity contribution in [2.24, 2.45) is 0 Å². The number of aromatic amines is 1. The number of H-pyrrole nitrogens is 1. The SMILES string of the molecule is C.C.C.C.Cc1ccc(S(=O)(=O)n2cc(-c3ncc(F)c(NC4CCCC(O)(CC#N)C4)n3)c3cc(F)cnc32)cc1.Fc1cnc(Cl)nc1NC1CCCC2(CO2)C1.N#CCC1(O)CCCC(Nc2nc(-c3c[nH]c4ncc(F)cc34)ncc2F)C1.N#CCC1(O)CCCC(Nc2nc(Cl)ncc2F)C1. The van der Waals surface area contributed by atoms with Crippen molar-refractivity contribution in [3.05, 3.63) is 137 Å². The summed E-state index contributed by atoms with van der Waals surface area (Å²) in [4.78, 5) is 42.3. The number of fused-ring (bicyclic) bond motifs is 2. The summed E-state index contributed by atoms with van der Waals surface area (Å²) in [5, 5.41) is 70.7. The quantitative estimate of drug-likeness (QED) is 0.0268. The zero-order valence-electron chi connectivity index (χ0n) is 54.8. The third-order valence-corrected chi connectivity index (χ3v) is 20.5. The number of hydrogen-bond donors (Lipinski definition) is 8. The second-order valence-corrected chi connectivity index (χ2v) is 28.8. The summed E-state index contributed by atoms with van der Waals surface area (Å²) in [6.07, 6.45) is 20.0. The van der Waals surface area contributed by atoms with Crippen molar-refractivity contribution in [3.8, 4) is 41.0 Å². The van der Waals surface area contributed by atoms with Crippen LogP contribution in [0.25, 0.3) is 44.8 Å². The number of ether oxygens (including phenoxy) is 1. The van der Waals surface area contributed by atoms with Gasteiger partial charge in [-0.15, -0.1) is 0 Å². The summed E-state index contributed by atoms with van der Waals surface area (Å²) in [5.41, 5.74) is -1.20. The van der Waals surface area contributed by atoms with Gasteiger partial charge in [0.05, 0.1) is 109 Å². The van der Waals surface area contributed by atoms with Crippen LogP contribution in [0.15, 0.2) is 90.9 Å². The fourth-order valence-corrected chi connectivity index (χ4v) is 15.0. The lowest BCUT2D eigenvalue weighted by molar-refractivity contribution is 0.00393. The number of aliphatic hydroxyl groups is 3. The number of nitrogens with one attached hydrogen (secondary N) is 5. The normalized spacial score (nSPS) is 22.8. The molecule has 14 rings (SSSR count). The van der Waals surface area contributed by atoms with E-state index < -0.39 is 61.7 Å². The summed E-state index contributed by atoms with van der Waals surface area (Å²) in [5.74, 6) is -3.33. The molecule has 5 aliphatic rings. The molecule has 0 amide bonds. The number of hydrogen-bond acceptors (Lipinski definition) is 23. The fourth-order valence-electron chi connectivity index (χ4n) is 13.4. The molecule has 8 N–H and O–H groups in total. The molecule has 4 aliphatic carbocycles. The molecule has 0 radical (unpaired) electrons. The van der Waals surface area contributed by atoms with E-state index in [0.29, 0.717) is 61.5 Å². The molecule has 1 aromatic carbocycles. The average Bonchev–Trinajstić information content (AvgIpc) is 1.59. The molecule has 9 heterocycles. The number of rotatable bonds is 15. The van der Waals surface area contributed by atoms with E-state index in [9.17, 15) is 50.1 Å². The second-order valence-electron chi connectivity index (χ2n) is 26.3. The summed E-state index contributed by atoms with van der Waals surface area (Å²) in [6.45, 7) is 2.66. The van der Waals surface area contributed by atoms with Crippen LogP contribution in [-0.2, 0) is 14.8 Å². The highest BCUT2D eigenvalue weighted by Crippen LogP contribution is 2.43. The monoisotopic (exact) mass is 1530 g/mol. The van der Waals surface area contributed by atoms with E-state index >= 15 is 0 Å². The molecule has 566 valence electrons. The Morgan fingerprint density at radius 2 is 0.953 bits per heavy atom. The lowest BCUT2D eigenvalue weighted by Gasteiger charge is -2.35. The Morgan fingerprint density at radius 1 is 0.557 bits per heavy atom. The Hall–Kier alpha value is -9.46. The van der Waals surface area contributed by atoms with E-state index in [0.717, 1.165) is 111 Å². The van der Waals surface area contributed by atoms with Gasteiger partial charge in [-0.1, -0.05) is 47.4 Å². The summed E-state index contributed by atoms with van der Waals surface area (Å²) >= 11 is 11.3. The lowest BCUT2D eigenvalue weighted by atomic mass is 9.80. The van der Waals surface area contributed by atoms with Gasteiger partial charge in [0.25, 0.3) is 10.0 Å². The van der Waals surface area contributed by atoms with Crippen molar-refractivity contribution in [3.63, 3.8) is 0 Å². The molecule has 8 unspecified atom stereocenters. The van der Waals surface area contributed by atoms with Crippen molar-refractivity contribution >= 4 is 78.6 Å². The minimum absolute atomic E-state index is 0. The maximum Gasteiger partial charge on any atom is 0.269 e. The molecule has 1 saturated heterocycles. The first-order valence-corrected chi connectivity index (χ1v) is 35.0. The van der Waals surface area contributed by atoms with Crippen LogP contribution in [0.2, 0.25) is 10.6 Å². The first-order chi connectivity index (χ1) is 48.8. The Kier molecular flexibility index (Phi) is 28.3. The van der Waals surface area contributed by atoms with Crippen LogP contribution < -0.4 is 21.3 Å². The number of aryl methyl sites for hydroxylation is 1. The lowest BCUT2D eigenvalue weighted by Crippen LogP contribution is -2.40. The first kappa shape index (κ1) is 83.8. The van der Waals surface area contributed by atoms with Crippen LogP contribution in [0, 0.1) is 75.8 Å². The van der Waals surface area contributed by atoms with Gasteiger partial charge in [-0.2, -0.15) is 25.8 Å². The van der Waals surface area contributed by atoms with Crippen LogP contribution in [0.3, 0.4) is 0 Å². The third kappa shape index (κ3) is 20.6. The van der Waals surface area contributed by atoms with Gasteiger partial charge in [0.2, 0.25) is 10.6 Å². The van der Waals surface area contributed by atoms with Gasteiger partial charge in [0.1, 0.15) is 17.3 Å². The molecule has 4 saturated carbocycles. The third-order valence-electron chi connectivity index (χ3n) is 18.5. The number of benzene rings is 1. The maximum absolute atomic E-state index is 14.7. The van der Waals surface area contributed by atoms with Gasteiger partial charge in [-0.3, -0.25) is 0 Å². The van der Waals surface area contributed by atoms with Crippen LogP contribution in [-0.4, -0.2) is 136 Å². The largest absolute Gasteiger partial charge is 0.389 e. The van der Waals surface area contributed by atoms with Crippen molar-refractivity contribution < 1.29 is 54.8 Å². The van der Waals surface area contributed by atoms with Crippen molar-refractivity contribution in [2.45, 2.75) is 210 Å². The maximum atomic E-state index is 14.7. The molecule has 34 heteroatoms. The minimum atomic E-state index is -4.11. The van der Waals surface area contributed by atoms with Crippen LogP contribution in [0.5, 0.6) is 0 Å². The number of halogens is 8. The van der Waals surface area contributed by atoms with E-state index in [-0.39, 0.29) is 152 Å². The number of anilines is 4. The van der Waals surface area contributed by atoms with Gasteiger partial charge in [-0.25, -0.2) is 78.6 Å². The van der Waals surface area contributed by atoms with Gasteiger partial charge < -0.3 is 46.3 Å². The van der Waals surface area contributed by atoms with Gasteiger partial charge in [0.15, 0.2) is 63.8 Å². The Morgan fingerprint density at radius 3 is 1.40 bits per heavy atom. The van der Waals surface area contributed by atoms with Gasteiger partial charge >= 0.3 is 0 Å². The molecule has 106 heavy (non-hydrogen) atoms. The number of nitriles is 3. The Balaban J connectivity index is 0.000000204. The number of epoxide rings is 1. The molecule has 9 aromatic rings. The number of pyridine rings is 2. The highest BCUT2D eigenvalue weighted by molar-refractivity contribution is 7.90. The topological polar surface area (TPSA) is 376 Å². The first-order valence-electron chi connectivity index (χ1n) is 32.8. The smallest absolute Gasteiger partial charge is 0.269 e. The van der Waals surface area contributed by atoms with E-state index in [4.69, 9.17) is 43.7 Å². The molecule has 25 nitrogen and oxygen atoms in total. The molecule has 0 bridgehead atoms. The van der Waals surface area contributed by atoms with Crippen LogP contribution in [0.4, 0.5) is 49.6 Å². The standard InChI is InChI=1S/C26H24F2N6O3S.C19H18F2N6O.C12H14ClFN4O.C11H13ClFN3O.4CH4/c1-16-4-6-19(7-5-16)38(36,37)34-15-21(20-11-17(27)13-31-25(20)34)23-30-14-22(28)24(33-23)32-18-3-2-8-26(35,12-18)9-10-29;20-11-6-13-14(9-24-16(13)23-8-11)17-25-10-15(21)18(27-17)26-12-2-1-3-19(28,7-12)4-5-22;13-11-16-7-9(14)10(18-11)17-8-2-1-3-12(19,6-8)4-5-15;12-10-14-5-8(13)9(16-10)15-7-2-1-3-11(4-7)6-17-11;;;;/h4-7,11,13-15,18,35H,2-3,8-9,12H2,1H3,(H,30,32,33);6,8-10,12,28H,1-4,7H2,(H,23,24)(H,25,26,27);7-8,19H,1-4,6H2,(H,16,17,18);5,7H,1-4,6H2,(H,14,15,16);4*1H4. The fraction of sp³-hybridized carbons (Fsp3) is 0.458. The predicted octanol–water partition coefficient (Wildman–Crippen LogP) is 14.8. The summed E-state index contributed by atoms with van der Waals surface area (Å²) in [7, 11) is -4.11. The average molecular weight is 1530 g/mol. The van der Waals surface area contributed by atoms with Crippen molar-refractivity contribution in [1.82, 2.24) is 58.8 Å². The number of aromatic nitrogens is 12. The number of nitrogens with zero attached hydrogens (tertiary/aromatic N) is 14. The summed E-state index contributed by atoms with van der Waals surface area (Å²) in [6, 6.07) is 14.2. The Bertz CT molecular complexity index is 4780. The van der Waals surface area contributed by atoms with Crippen molar-refractivity contribution in [1.29, 1.82) is 15.8 Å². The van der Waals surface area contributed by atoms with Gasteiger partial charge in [0, 0.05) is 58.5 Å². The molecule has 8 atom stereocenters. The van der Waals surface area contributed by atoms with E-state index in [1.807, 2.05) is 25.1 Å². The molecule has 1 aliphatic heterocycles. The highest BCUT2D eigenvalue weighted by Gasteiger charge is 2.48. The van der Waals surface area contributed by atoms with Gasteiger partial charge in [-0.05, 0) is 157 Å². The summed E-state index contributed by atoms with van der Waals surface area (Å²) < 4.78 is 117. The zero-order chi connectivity index (χ0) is 72.6. The zero-order valence-corrected chi connectivity index (χ0v) is 57.1. The molecular weight excluding hydrogens is 1440 g/mol. The van der Waals surface area contributed by atoms with E-state index in [1.165, 1.54) is 24.4 Å². The molecular formula is C72H85Cl2F6N19O6S. The van der Waals surface area contributed by atoms with Crippen molar-refractivity contribution in [2.75, 3.05) is 27.9 Å².